The van der Waals surface area contributed by atoms with E-state index in [2.05, 4.69) is 0 Å². The van der Waals surface area contributed by atoms with Crippen molar-refractivity contribution in [1.82, 2.24) is 4.90 Å². The van der Waals surface area contributed by atoms with Gasteiger partial charge in [0.25, 0.3) is 0 Å². The molecule has 1 fully saturated rings. The fraction of sp³-hybridized carbons (Fsp3) is 0.350. The van der Waals surface area contributed by atoms with E-state index in [9.17, 15) is 9.90 Å². The number of piperidine rings is 1. The second kappa shape index (κ2) is 7.49. The lowest BCUT2D eigenvalue weighted by Gasteiger charge is -2.41. The molecule has 0 spiro atoms. The van der Waals surface area contributed by atoms with Crippen LogP contribution in [0.25, 0.3) is 0 Å². The normalized spacial score (nSPS) is 20.9. The van der Waals surface area contributed by atoms with Crippen LogP contribution < -0.4 is 4.74 Å². The van der Waals surface area contributed by atoms with Gasteiger partial charge in [0.05, 0.1) is 13.2 Å². The third kappa shape index (κ3) is 3.44. The number of carbonyl (C=O) groups is 1. The Hall–Kier alpha value is -2.33. The molecule has 1 amide bonds. The Balaban J connectivity index is 1.92. The highest BCUT2D eigenvalue weighted by atomic mass is 16.5. The maximum Gasteiger partial charge on any atom is 0.223 e. The Labute approximate surface area is 142 Å². The van der Waals surface area contributed by atoms with Gasteiger partial charge in [-0.25, -0.2) is 0 Å². The van der Waals surface area contributed by atoms with Gasteiger partial charge in [0.2, 0.25) is 5.91 Å². The molecule has 1 aliphatic rings. The van der Waals surface area contributed by atoms with Crippen molar-refractivity contribution < 1.29 is 14.6 Å². The smallest absolute Gasteiger partial charge is 0.223 e. The highest BCUT2D eigenvalue weighted by Crippen LogP contribution is 2.38. The SMILES string of the molecule is COc1ccc([C@@H]2[C@@H](CO)CCC(=O)N2Cc2ccccc2)cc1. The van der Waals surface area contributed by atoms with Crippen molar-refractivity contribution in [2.75, 3.05) is 13.7 Å². The summed E-state index contributed by atoms with van der Waals surface area (Å²) < 4.78 is 5.22. The predicted octanol–water partition coefficient (Wildman–Crippen LogP) is 3.17. The maximum absolute atomic E-state index is 12.6. The molecule has 3 rings (SSSR count). The number of hydrogen-bond donors (Lipinski definition) is 1. The molecule has 0 aliphatic carbocycles. The Bertz CT molecular complexity index is 669. The monoisotopic (exact) mass is 325 g/mol. The van der Waals surface area contributed by atoms with E-state index in [4.69, 9.17) is 4.74 Å². The molecule has 0 bridgehead atoms. The van der Waals surface area contributed by atoms with Gasteiger partial charge >= 0.3 is 0 Å². The van der Waals surface area contributed by atoms with E-state index in [1.54, 1.807) is 7.11 Å². The molecule has 1 saturated heterocycles. The molecule has 0 saturated carbocycles. The van der Waals surface area contributed by atoms with Crippen LogP contribution in [0.2, 0.25) is 0 Å². The molecule has 1 aliphatic heterocycles. The molecule has 4 nitrogen and oxygen atoms in total. The zero-order valence-corrected chi connectivity index (χ0v) is 13.9. The van der Waals surface area contributed by atoms with Gasteiger partial charge in [-0.3, -0.25) is 4.79 Å². The van der Waals surface area contributed by atoms with Crippen LogP contribution in [-0.4, -0.2) is 29.6 Å². The summed E-state index contributed by atoms with van der Waals surface area (Å²) in [7, 11) is 1.64. The highest BCUT2D eigenvalue weighted by molar-refractivity contribution is 5.77. The molecule has 4 heteroatoms. The summed E-state index contributed by atoms with van der Waals surface area (Å²) in [6, 6.07) is 17.7. The van der Waals surface area contributed by atoms with Crippen LogP contribution in [0.3, 0.4) is 0 Å². The number of methoxy groups -OCH3 is 1. The third-order valence-corrected chi connectivity index (χ3v) is 4.72. The molecule has 126 valence electrons. The molecule has 1 heterocycles. The fourth-order valence-electron chi connectivity index (χ4n) is 3.43. The highest BCUT2D eigenvalue weighted by Gasteiger charge is 2.36. The summed E-state index contributed by atoms with van der Waals surface area (Å²) in [4.78, 5) is 14.5. The van der Waals surface area contributed by atoms with Crippen LogP contribution in [0.5, 0.6) is 5.75 Å². The van der Waals surface area contributed by atoms with Crippen molar-refractivity contribution in [3.05, 3.63) is 65.7 Å². The van der Waals surface area contributed by atoms with E-state index in [-0.39, 0.29) is 24.5 Å². The van der Waals surface area contributed by atoms with Crippen LogP contribution in [-0.2, 0) is 11.3 Å². The van der Waals surface area contributed by atoms with Crippen LogP contribution in [0.4, 0.5) is 0 Å². The number of ether oxygens (including phenoxy) is 1. The molecular weight excluding hydrogens is 302 g/mol. The lowest BCUT2D eigenvalue weighted by atomic mass is 9.84. The first-order valence-electron chi connectivity index (χ1n) is 8.31. The zero-order valence-electron chi connectivity index (χ0n) is 13.9. The quantitative estimate of drug-likeness (QED) is 0.918. The second-order valence-electron chi connectivity index (χ2n) is 6.21. The lowest BCUT2D eigenvalue weighted by molar-refractivity contribution is -0.140. The van der Waals surface area contributed by atoms with Gasteiger partial charge < -0.3 is 14.7 Å². The number of amides is 1. The first-order chi connectivity index (χ1) is 11.7. The number of rotatable bonds is 5. The molecule has 0 radical (unpaired) electrons. The van der Waals surface area contributed by atoms with E-state index < -0.39 is 0 Å². The van der Waals surface area contributed by atoms with Crippen LogP contribution in [0, 0.1) is 5.92 Å². The van der Waals surface area contributed by atoms with Gasteiger partial charge in [-0.2, -0.15) is 0 Å². The summed E-state index contributed by atoms with van der Waals surface area (Å²) in [6.07, 6.45) is 1.21. The summed E-state index contributed by atoms with van der Waals surface area (Å²) in [5.74, 6) is 0.986. The fourth-order valence-corrected chi connectivity index (χ4v) is 3.43. The Morgan fingerprint density at radius 2 is 1.83 bits per heavy atom. The molecule has 0 unspecified atom stereocenters. The van der Waals surface area contributed by atoms with E-state index in [1.165, 1.54) is 0 Å². The summed E-state index contributed by atoms with van der Waals surface area (Å²) >= 11 is 0. The number of nitrogens with zero attached hydrogens (tertiary/aromatic N) is 1. The van der Waals surface area contributed by atoms with Gasteiger partial charge in [-0.05, 0) is 29.7 Å². The van der Waals surface area contributed by atoms with Crippen molar-refractivity contribution in [2.24, 2.45) is 5.92 Å². The molecule has 1 N–H and O–H groups in total. The van der Waals surface area contributed by atoms with Crippen molar-refractivity contribution in [3.8, 4) is 5.75 Å². The molecular formula is C20H23NO3. The van der Waals surface area contributed by atoms with Crippen molar-refractivity contribution in [3.63, 3.8) is 0 Å². The van der Waals surface area contributed by atoms with Gasteiger partial charge in [0, 0.05) is 25.5 Å². The van der Waals surface area contributed by atoms with Crippen molar-refractivity contribution in [2.45, 2.75) is 25.4 Å². The Morgan fingerprint density at radius 1 is 1.12 bits per heavy atom. The van der Waals surface area contributed by atoms with Crippen LogP contribution in [0.1, 0.15) is 30.0 Å². The van der Waals surface area contributed by atoms with E-state index in [0.717, 1.165) is 23.3 Å². The first kappa shape index (κ1) is 16.5. The largest absolute Gasteiger partial charge is 0.497 e. The summed E-state index contributed by atoms with van der Waals surface area (Å²) in [5.41, 5.74) is 2.14. The van der Waals surface area contributed by atoms with Crippen LogP contribution >= 0.6 is 0 Å². The Morgan fingerprint density at radius 3 is 2.46 bits per heavy atom. The predicted molar refractivity (Wildman–Crippen MR) is 92.5 cm³/mol. The van der Waals surface area contributed by atoms with Crippen LogP contribution in [0.15, 0.2) is 54.6 Å². The minimum Gasteiger partial charge on any atom is -0.497 e. The van der Waals surface area contributed by atoms with Crippen molar-refractivity contribution >= 4 is 5.91 Å². The Kier molecular flexibility index (Phi) is 5.16. The number of benzene rings is 2. The molecule has 2 aromatic rings. The maximum atomic E-state index is 12.6. The average molecular weight is 325 g/mol. The number of carbonyl (C=O) groups excluding carboxylic acids is 1. The van der Waals surface area contributed by atoms with E-state index in [1.807, 2.05) is 59.5 Å². The van der Waals surface area contributed by atoms with Crippen molar-refractivity contribution in [1.29, 1.82) is 0 Å². The first-order valence-corrected chi connectivity index (χ1v) is 8.31. The molecule has 0 aromatic heterocycles. The number of aliphatic hydroxyl groups excluding tert-OH is 1. The topological polar surface area (TPSA) is 49.8 Å². The second-order valence-corrected chi connectivity index (χ2v) is 6.21. The zero-order chi connectivity index (χ0) is 16.9. The van der Waals surface area contributed by atoms with E-state index in [0.29, 0.717) is 13.0 Å². The van der Waals surface area contributed by atoms with Gasteiger partial charge in [-0.15, -0.1) is 0 Å². The van der Waals surface area contributed by atoms with Gasteiger partial charge in [-0.1, -0.05) is 42.5 Å². The number of likely N-dealkylation sites (tertiary alicyclic amines) is 1. The minimum absolute atomic E-state index is 0.0554. The lowest BCUT2D eigenvalue weighted by Crippen LogP contribution is -2.43. The summed E-state index contributed by atoms with van der Waals surface area (Å²) in [6.45, 7) is 0.641. The third-order valence-electron chi connectivity index (χ3n) is 4.72. The van der Waals surface area contributed by atoms with E-state index >= 15 is 0 Å². The van der Waals surface area contributed by atoms with Gasteiger partial charge in [0.1, 0.15) is 5.75 Å². The minimum atomic E-state index is -0.109. The molecule has 2 aromatic carbocycles. The molecule has 2 atom stereocenters. The summed E-state index contributed by atoms with van der Waals surface area (Å²) in [5, 5.41) is 9.83. The number of hydrogen-bond acceptors (Lipinski definition) is 3. The van der Waals surface area contributed by atoms with Gasteiger partial charge in [0.15, 0.2) is 0 Å². The molecule has 24 heavy (non-hydrogen) atoms. The average Bonchev–Trinajstić information content (AvgIpc) is 2.64. The standard InChI is InChI=1S/C20H23NO3/c1-24-18-10-7-16(8-11-18)20-17(14-22)9-12-19(23)21(20)13-15-5-3-2-4-6-15/h2-8,10-11,17,20,22H,9,12-14H2,1H3/t17-,20-/m1/s1. The number of aliphatic hydroxyl groups is 1.